The van der Waals surface area contributed by atoms with Crippen molar-refractivity contribution in [3.05, 3.63) is 53.8 Å². The van der Waals surface area contributed by atoms with Crippen LogP contribution in [0, 0.1) is 0 Å². The molecule has 0 atom stereocenters. The topological polar surface area (TPSA) is 32.6 Å². The molecule has 4 heteroatoms. The van der Waals surface area contributed by atoms with Crippen LogP contribution in [0.3, 0.4) is 0 Å². The van der Waals surface area contributed by atoms with Crippen LogP contribution >= 0.6 is 0 Å². The Morgan fingerprint density at radius 2 is 1.00 bits per heavy atom. The van der Waals surface area contributed by atoms with Gasteiger partial charge in [-0.2, -0.15) is 0 Å². The Bertz CT molecular complexity index is 423. The molecule has 18 heavy (non-hydrogen) atoms. The largest absolute Gasteiger partial charge is 1.00 e. The molecule has 0 heterocycles. The molecule has 88 valence electrons. The van der Waals surface area contributed by atoms with Gasteiger partial charge in [-0.3, -0.25) is 0 Å². The summed E-state index contributed by atoms with van der Waals surface area (Å²) in [4.78, 5) is 0. The predicted octanol–water partition coefficient (Wildman–Crippen LogP) is 1.04. The Morgan fingerprint density at radius 1 is 0.667 bits per heavy atom. The summed E-state index contributed by atoms with van der Waals surface area (Å²) in [5, 5.41) is 4.48. The van der Waals surface area contributed by atoms with Crippen LogP contribution in [0.1, 0.15) is 0 Å². The zero-order valence-corrected chi connectivity index (χ0v) is 12.9. The van der Waals surface area contributed by atoms with Gasteiger partial charge in [0.2, 0.25) is 0 Å². The molecule has 0 saturated carbocycles. The van der Waals surface area contributed by atoms with Gasteiger partial charge in [0, 0.05) is 0 Å². The summed E-state index contributed by atoms with van der Waals surface area (Å²) in [6, 6.07) is 15.2. The van der Waals surface area contributed by atoms with E-state index in [9.17, 15) is 0 Å². The van der Waals surface area contributed by atoms with Gasteiger partial charge in [-0.05, 0) is 24.3 Å². The Balaban J connectivity index is 0.00000162. The predicted molar refractivity (Wildman–Crippen MR) is 68.7 cm³/mol. The van der Waals surface area contributed by atoms with Crippen molar-refractivity contribution in [1.29, 1.82) is 0 Å². The normalized spacial score (nSPS) is 9.22. The van der Waals surface area contributed by atoms with Crippen molar-refractivity contribution >= 4 is 11.4 Å². The van der Waals surface area contributed by atoms with Crippen molar-refractivity contribution in [2.24, 2.45) is 0 Å². The fourth-order valence-corrected chi connectivity index (χ4v) is 1.46. The minimum atomic E-state index is 0. The number of methoxy groups -OCH3 is 2. The molecule has 3 nitrogen and oxygen atoms in total. The van der Waals surface area contributed by atoms with E-state index in [0.717, 1.165) is 22.9 Å². The molecule has 0 N–H and O–H groups in total. The van der Waals surface area contributed by atoms with Gasteiger partial charge in [-0.1, -0.05) is 24.3 Å². The van der Waals surface area contributed by atoms with E-state index in [-0.39, 0.29) is 29.6 Å². The molecular formula is C14H14NNaO2. The first-order valence-electron chi connectivity index (χ1n) is 5.31. The van der Waals surface area contributed by atoms with Gasteiger partial charge in [0.05, 0.1) is 14.2 Å². The van der Waals surface area contributed by atoms with Crippen LogP contribution in [0.5, 0.6) is 11.5 Å². The second-order valence-electron chi connectivity index (χ2n) is 3.51. The molecule has 0 spiro atoms. The van der Waals surface area contributed by atoms with Crippen molar-refractivity contribution in [3.63, 3.8) is 0 Å². The fourth-order valence-electron chi connectivity index (χ4n) is 1.46. The molecule has 0 aliphatic carbocycles. The summed E-state index contributed by atoms with van der Waals surface area (Å²) in [5.41, 5.74) is 1.80. The second-order valence-corrected chi connectivity index (χ2v) is 3.51. The maximum atomic E-state index is 5.09. The summed E-state index contributed by atoms with van der Waals surface area (Å²) >= 11 is 0. The van der Waals surface area contributed by atoms with Gasteiger partial charge in [0.1, 0.15) is 11.5 Å². The van der Waals surface area contributed by atoms with E-state index in [4.69, 9.17) is 9.47 Å². The fraction of sp³-hybridized carbons (Fsp3) is 0.143. The van der Waals surface area contributed by atoms with E-state index in [1.54, 1.807) is 14.2 Å². The van der Waals surface area contributed by atoms with Crippen molar-refractivity contribution in [2.45, 2.75) is 0 Å². The van der Waals surface area contributed by atoms with Crippen LogP contribution in [0.25, 0.3) is 5.32 Å². The number of rotatable bonds is 4. The van der Waals surface area contributed by atoms with E-state index >= 15 is 0 Å². The number of ether oxygens (including phenoxy) is 2. The molecule has 0 bridgehead atoms. The van der Waals surface area contributed by atoms with Crippen molar-refractivity contribution in [3.8, 4) is 11.5 Å². The van der Waals surface area contributed by atoms with Gasteiger partial charge < -0.3 is 14.8 Å². The maximum absolute atomic E-state index is 5.09. The SMILES string of the molecule is COc1ccc([N-]c2ccc(OC)cc2)cc1.[Na+]. The monoisotopic (exact) mass is 251 g/mol. The summed E-state index contributed by atoms with van der Waals surface area (Å²) in [6.45, 7) is 0. The molecule has 0 aromatic heterocycles. The van der Waals surface area contributed by atoms with Gasteiger partial charge in [-0.25, -0.2) is 0 Å². The molecule has 2 aromatic carbocycles. The molecule has 2 rings (SSSR count). The van der Waals surface area contributed by atoms with Crippen LogP contribution in [0.4, 0.5) is 11.4 Å². The Morgan fingerprint density at radius 3 is 1.28 bits per heavy atom. The zero-order valence-electron chi connectivity index (χ0n) is 10.9. The van der Waals surface area contributed by atoms with E-state index in [2.05, 4.69) is 5.32 Å². The summed E-state index contributed by atoms with van der Waals surface area (Å²) in [7, 11) is 3.30. The molecule has 0 aliphatic rings. The van der Waals surface area contributed by atoms with Crippen molar-refractivity contribution in [1.82, 2.24) is 0 Å². The summed E-state index contributed by atoms with van der Waals surface area (Å²) in [5.74, 6) is 1.66. The van der Waals surface area contributed by atoms with Crippen molar-refractivity contribution < 1.29 is 39.0 Å². The average Bonchev–Trinajstić information content (AvgIpc) is 2.40. The molecule has 0 radical (unpaired) electrons. The third-order valence-corrected chi connectivity index (χ3v) is 2.40. The Kier molecular flexibility index (Phi) is 6.05. The zero-order chi connectivity index (χ0) is 12.1. The third-order valence-electron chi connectivity index (χ3n) is 2.40. The number of benzene rings is 2. The summed E-state index contributed by atoms with van der Waals surface area (Å²) < 4.78 is 10.2. The quantitative estimate of drug-likeness (QED) is 0.761. The van der Waals surface area contributed by atoms with Crippen LogP contribution in [-0.2, 0) is 0 Å². The first-order valence-corrected chi connectivity index (χ1v) is 5.31. The van der Waals surface area contributed by atoms with Gasteiger partial charge in [-0.15, -0.1) is 11.4 Å². The second kappa shape index (κ2) is 7.31. The Hall–Kier alpha value is -1.16. The van der Waals surface area contributed by atoms with Gasteiger partial charge in [0.15, 0.2) is 0 Å². The molecule has 0 aliphatic heterocycles. The van der Waals surface area contributed by atoms with E-state index in [1.165, 1.54) is 0 Å². The molecule has 0 saturated heterocycles. The van der Waals surface area contributed by atoms with Crippen LogP contribution in [0.2, 0.25) is 0 Å². The molecule has 2 aromatic rings. The minimum absolute atomic E-state index is 0. The smallest absolute Gasteiger partial charge is 0.658 e. The maximum Gasteiger partial charge on any atom is 1.00 e. The van der Waals surface area contributed by atoms with E-state index < -0.39 is 0 Å². The number of nitrogens with zero attached hydrogens (tertiary/aromatic N) is 1. The number of hydrogen-bond donors (Lipinski definition) is 0. The van der Waals surface area contributed by atoms with Gasteiger partial charge >= 0.3 is 29.6 Å². The van der Waals surface area contributed by atoms with Crippen molar-refractivity contribution in [2.75, 3.05) is 14.2 Å². The standard InChI is InChI=1S/C14H14NO2.Na/c1-16-13-7-3-11(4-8-13)15-12-5-9-14(17-2)10-6-12;/h3-10H,1-2H3;/q-1;+1. The van der Waals surface area contributed by atoms with Crippen LogP contribution < -0.4 is 39.0 Å². The Labute approximate surface area is 129 Å². The molecular weight excluding hydrogens is 237 g/mol. The number of hydrogen-bond acceptors (Lipinski definition) is 2. The first kappa shape index (κ1) is 14.9. The first-order chi connectivity index (χ1) is 8.31. The van der Waals surface area contributed by atoms with Crippen LogP contribution in [0.15, 0.2) is 48.5 Å². The van der Waals surface area contributed by atoms with E-state index in [1.807, 2.05) is 48.5 Å². The minimum Gasteiger partial charge on any atom is -0.658 e. The molecule has 0 fully saturated rings. The van der Waals surface area contributed by atoms with E-state index in [0.29, 0.717) is 0 Å². The molecule has 0 amide bonds. The van der Waals surface area contributed by atoms with Crippen LogP contribution in [-0.4, -0.2) is 14.2 Å². The average molecular weight is 251 g/mol. The third kappa shape index (κ3) is 3.95. The van der Waals surface area contributed by atoms with Gasteiger partial charge in [0.25, 0.3) is 0 Å². The molecule has 0 unspecified atom stereocenters. The summed E-state index contributed by atoms with van der Waals surface area (Å²) in [6.07, 6.45) is 0.